The molecule has 8 nitrogen and oxygen atoms in total. The maximum absolute atomic E-state index is 12.4. The van der Waals surface area contributed by atoms with E-state index in [1.165, 1.54) is 0 Å². The molecule has 1 atom stereocenters. The monoisotopic (exact) mass is 385 g/mol. The summed E-state index contributed by atoms with van der Waals surface area (Å²) in [5.41, 5.74) is 1.02. The van der Waals surface area contributed by atoms with Gasteiger partial charge < -0.3 is 23.8 Å². The third-order valence-electron chi connectivity index (χ3n) is 4.26. The van der Waals surface area contributed by atoms with Crippen molar-refractivity contribution < 1.29 is 23.3 Å². The number of nitrogens with zero attached hydrogens (tertiary/aromatic N) is 2. The van der Waals surface area contributed by atoms with Gasteiger partial charge in [0.05, 0.1) is 19.9 Å². The quantitative estimate of drug-likeness (QED) is 0.549. The van der Waals surface area contributed by atoms with Crippen molar-refractivity contribution >= 4 is 5.91 Å². The number of amides is 1. The fraction of sp³-hybridized carbons (Fsp3) is 0.350. The van der Waals surface area contributed by atoms with Gasteiger partial charge in [-0.15, -0.1) is 10.2 Å². The second-order valence-electron chi connectivity index (χ2n) is 6.46. The number of carbonyl (C=O) groups excluding carboxylic acids is 1. The van der Waals surface area contributed by atoms with E-state index in [4.69, 9.17) is 13.6 Å². The van der Waals surface area contributed by atoms with Crippen LogP contribution in [0.3, 0.4) is 0 Å². The fourth-order valence-corrected chi connectivity index (χ4v) is 2.87. The number of hydrogen-bond donors (Lipinski definition) is 2. The lowest BCUT2D eigenvalue weighted by Crippen LogP contribution is -3.12. The molecule has 0 saturated heterocycles. The van der Waals surface area contributed by atoms with Crippen molar-refractivity contribution in [2.45, 2.75) is 26.4 Å². The van der Waals surface area contributed by atoms with Crippen molar-refractivity contribution in [3.05, 3.63) is 54.1 Å². The Morgan fingerprint density at radius 1 is 1.21 bits per heavy atom. The lowest BCUT2D eigenvalue weighted by atomic mass is 10.2. The predicted octanol–water partition coefficient (Wildman–Crippen LogP) is 1.45. The highest BCUT2D eigenvalue weighted by atomic mass is 16.5. The minimum atomic E-state index is -0.0231. The molecule has 0 aliphatic heterocycles. The maximum Gasteiger partial charge on any atom is 0.283 e. The molecule has 0 spiro atoms. The van der Waals surface area contributed by atoms with E-state index in [-0.39, 0.29) is 5.91 Å². The molecule has 1 aromatic carbocycles. The van der Waals surface area contributed by atoms with Crippen molar-refractivity contribution in [3.63, 3.8) is 0 Å². The van der Waals surface area contributed by atoms with Crippen molar-refractivity contribution in [1.82, 2.24) is 15.5 Å². The summed E-state index contributed by atoms with van der Waals surface area (Å²) < 4.78 is 16.1. The minimum Gasteiger partial charge on any atom is -0.497 e. The van der Waals surface area contributed by atoms with E-state index in [1.54, 1.807) is 25.5 Å². The van der Waals surface area contributed by atoms with Crippen LogP contribution in [0.4, 0.5) is 0 Å². The van der Waals surface area contributed by atoms with E-state index in [1.807, 2.05) is 24.3 Å². The van der Waals surface area contributed by atoms with Crippen molar-refractivity contribution in [2.75, 3.05) is 20.2 Å². The summed E-state index contributed by atoms with van der Waals surface area (Å²) in [5.74, 6) is 2.14. The molecule has 0 aliphatic rings. The van der Waals surface area contributed by atoms with Gasteiger partial charge >= 0.3 is 0 Å². The Morgan fingerprint density at radius 3 is 2.71 bits per heavy atom. The first-order valence-electron chi connectivity index (χ1n) is 9.27. The van der Waals surface area contributed by atoms with E-state index in [9.17, 15) is 4.79 Å². The molecule has 0 aliphatic carbocycles. The van der Waals surface area contributed by atoms with Crippen LogP contribution in [0.25, 0.3) is 11.7 Å². The van der Waals surface area contributed by atoms with Gasteiger partial charge in [-0.1, -0.05) is 19.1 Å². The standard InChI is InChI=1S/C20H24N4O4/c1-3-10-24(14-19-22-23-20(28-19)17-5-4-11-27-17)13-18(25)21-12-15-6-8-16(26-2)9-7-15/h4-9,11H,3,10,12-14H2,1-2H3,(H,21,25)/p+1. The first-order chi connectivity index (χ1) is 13.7. The van der Waals surface area contributed by atoms with Crippen LogP contribution in [-0.4, -0.2) is 36.3 Å². The van der Waals surface area contributed by atoms with Crippen LogP contribution in [0, 0.1) is 0 Å². The van der Waals surface area contributed by atoms with Gasteiger partial charge in [-0.05, 0) is 36.2 Å². The molecule has 1 amide bonds. The number of carbonyl (C=O) groups is 1. The van der Waals surface area contributed by atoms with Gasteiger partial charge in [0.2, 0.25) is 0 Å². The average Bonchev–Trinajstić information content (AvgIpc) is 3.39. The molecule has 28 heavy (non-hydrogen) atoms. The molecule has 1 unspecified atom stereocenters. The van der Waals surface area contributed by atoms with Crippen LogP contribution in [0.1, 0.15) is 24.8 Å². The number of ether oxygens (including phenoxy) is 1. The Hall–Kier alpha value is -3.13. The number of benzene rings is 1. The summed E-state index contributed by atoms with van der Waals surface area (Å²) in [6.07, 6.45) is 2.50. The normalized spacial score (nSPS) is 11.9. The summed E-state index contributed by atoms with van der Waals surface area (Å²) in [4.78, 5) is 13.4. The molecule has 2 N–H and O–H groups in total. The van der Waals surface area contributed by atoms with Crippen LogP contribution < -0.4 is 15.0 Å². The Kier molecular flexibility index (Phi) is 6.80. The average molecular weight is 385 g/mol. The fourth-order valence-electron chi connectivity index (χ4n) is 2.87. The number of quaternary nitrogens is 1. The van der Waals surface area contributed by atoms with Crippen LogP contribution >= 0.6 is 0 Å². The van der Waals surface area contributed by atoms with Gasteiger partial charge in [0.25, 0.3) is 17.7 Å². The lowest BCUT2D eigenvalue weighted by molar-refractivity contribution is -0.907. The van der Waals surface area contributed by atoms with E-state index in [0.29, 0.717) is 37.2 Å². The zero-order chi connectivity index (χ0) is 19.8. The summed E-state index contributed by atoms with van der Waals surface area (Å²) in [7, 11) is 1.63. The smallest absolute Gasteiger partial charge is 0.283 e. The topological polar surface area (TPSA) is 94.8 Å². The predicted molar refractivity (Wildman–Crippen MR) is 102 cm³/mol. The second-order valence-corrected chi connectivity index (χ2v) is 6.46. The number of aromatic nitrogens is 2. The summed E-state index contributed by atoms with van der Waals surface area (Å²) in [6, 6.07) is 11.2. The molecule has 0 saturated carbocycles. The summed E-state index contributed by atoms with van der Waals surface area (Å²) in [5, 5.41) is 11.0. The largest absolute Gasteiger partial charge is 0.497 e. The molecule has 3 aromatic rings. The Balaban J connectivity index is 1.52. The summed E-state index contributed by atoms with van der Waals surface area (Å²) >= 11 is 0. The summed E-state index contributed by atoms with van der Waals surface area (Å²) in [6.45, 7) is 4.21. The molecule has 0 bridgehead atoms. The Labute approximate surface area is 163 Å². The lowest BCUT2D eigenvalue weighted by Gasteiger charge is -2.16. The molecule has 8 heteroatoms. The van der Waals surface area contributed by atoms with Crippen LogP contribution in [-0.2, 0) is 17.9 Å². The van der Waals surface area contributed by atoms with Crippen LogP contribution in [0.15, 0.2) is 51.5 Å². The highest BCUT2D eigenvalue weighted by molar-refractivity contribution is 5.76. The molecule has 3 rings (SSSR count). The highest BCUT2D eigenvalue weighted by Gasteiger charge is 2.19. The van der Waals surface area contributed by atoms with Gasteiger partial charge in [-0.25, -0.2) is 0 Å². The molecule has 0 fully saturated rings. The van der Waals surface area contributed by atoms with Crippen LogP contribution in [0.2, 0.25) is 0 Å². The van der Waals surface area contributed by atoms with E-state index in [2.05, 4.69) is 22.4 Å². The van der Waals surface area contributed by atoms with Gasteiger partial charge in [0, 0.05) is 6.54 Å². The number of nitrogens with one attached hydrogen (secondary N) is 2. The zero-order valence-electron chi connectivity index (χ0n) is 16.1. The molecular formula is C20H25N4O4+. The van der Waals surface area contributed by atoms with E-state index in [0.717, 1.165) is 29.2 Å². The van der Waals surface area contributed by atoms with E-state index >= 15 is 0 Å². The first-order valence-corrected chi connectivity index (χ1v) is 9.27. The van der Waals surface area contributed by atoms with Gasteiger partial charge in [-0.3, -0.25) is 4.79 Å². The number of furan rings is 1. The third kappa shape index (κ3) is 5.43. The number of methoxy groups -OCH3 is 1. The highest BCUT2D eigenvalue weighted by Crippen LogP contribution is 2.17. The molecule has 0 radical (unpaired) electrons. The first kappa shape index (κ1) is 19.6. The SMILES string of the molecule is CCC[NH+](CC(=O)NCc1ccc(OC)cc1)Cc1nnc(-c2ccco2)o1. The minimum absolute atomic E-state index is 0.0231. The number of rotatable bonds is 10. The van der Waals surface area contributed by atoms with Gasteiger partial charge in [0.15, 0.2) is 18.8 Å². The van der Waals surface area contributed by atoms with E-state index < -0.39 is 0 Å². The Bertz CT molecular complexity index is 859. The molecule has 148 valence electrons. The van der Waals surface area contributed by atoms with Crippen LogP contribution in [0.5, 0.6) is 5.75 Å². The number of hydrogen-bond acceptors (Lipinski definition) is 6. The Morgan fingerprint density at radius 2 is 2.04 bits per heavy atom. The molecular weight excluding hydrogens is 360 g/mol. The molecule has 2 heterocycles. The van der Waals surface area contributed by atoms with Gasteiger partial charge in [0.1, 0.15) is 5.75 Å². The third-order valence-corrected chi connectivity index (χ3v) is 4.26. The van der Waals surface area contributed by atoms with Crippen molar-refractivity contribution in [2.24, 2.45) is 0 Å². The van der Waals surface area contributed by atoms with Crippen molar-refractivity contribution in [3.8, 4) is 17.4 Å². The second kappa shape index (κ2) is 9.70. The molecule has 2 aromatic heterocycles. The maximum atomic E-state index is 12.4. The zero-order valence-corrected chi connectivity index (χ0v) is 16.1. The van der Waals surface area contributed by atoms with Gasteiger partial charge in [-0.2, -0.15) is 0 Å². The van der Waals surface area contributed by atoms with Crippen molar-refractivity contribution in [1.29, 1.82) is 0 Å².